The van der Waals surface area contributed by atoms with Gasteiger partial charge in [0.05, 0.1) is 0 Å². The average Bonchev–Trinajstić information content (AvgIpc) is 3.39. The highest BCUT2D eigenvalue weighted by Crippen LogP contribution is 2.17. The maximum atomic E-state index is 12.9. The fraction of sp³-hybridized carbons (Fsp3) is 0.776. The highest BCUT2D eigenvalue weighted by atomic mass is 16.6. The Morgan fingerprint density at radius 1 is 0.288 bits per heavy atom. The largest absolute Gasteiger partial charge is 0.462 e. The van der Waals surface area contributed by atoms with E-state index in [1.165, 1.54) is 193 Å². The molecule has 0 aliphatic carbocycles. The van der Waals surface area contributed by atoms with Gasteiger partial charge in [0.25, 0.3) is 0 Å². The van der Waals surface area contributed by atoms with Crippen molar-refractivity contribution in [1.29, 1.82) is 0 Å². The van der Waals surface area contributed by atoms with Gasteiger partial charge in [0.2, 0.25) is 0 Å². The van der Waals surface area contributed by atoms with Crippen molar-refractivity contribution in [1.82, 2.24) is 0 Å². The number of hydrogen-bond donors (Lipinski definition) is 0. The van der Waals surface area contributed by atoms with E-state index in [1.54, 1.807) is 0 Å². The van der Waals surface area contributed by atoms with E-state index in [9.17, 15) is 14.4 Å². The van der Waals surface area contributed by atoms with Crippen LogP contribution in [0.1, 0.15) is 316 Å². The van der Waals surface area contributed by atoms with Crippen LogP contribution < -0.4 is 0 Å². The van der Waals surface area contributed by atoms with Crippen LogP contribution in [0.15, 0.2) is 72.9 Å². The van der Waals surface area contributed by atoms with E-state index in [0.29, 0.717) is 19.3 Å². The summed E-state index contributed by atoms with van der Waals surface area (Å²) in [5.74, 6) is -0.965. The molecular weight excluding hydrogens is 901 g/mol. The van der Waals surface area contributed by atoms with Gasteiger partial charge in [0, 0.05) is 19.3 Å². The van der Waals surface area contributed by atoms with Crippen molar-refractivity contribution in [3.05, 3.63) is 72.9 Å². The molecular formula is C67H118O6. The fourth-order valence-corrected chi connectivity index (χ4v) is 9.06. The number of carbonyl (C=O) groups excluding carboxylic acids is 3. The Bertz CT molecular complexity index is 1360. The molecule has 0 N–H and O–H groups in total. The Kier molecular flexibility index (Phi) is 58.7. The molecule has 0 heterocycles. The first-order valence-electron chi connectivity index (χ1n) is 31.4. The lowest BCUT2D eigenvalue weighted by atomic mass is 10.0. The van der Waals surface area contributed by atoms with E-state index >= 15 is 0 Å². The summed E-state index contributed by atoms with van der Waals surface area (Å²) >= 11 is 0. The number of carbonyl (C=O) groups is 3. The van der Waals surface area contributed by atoms with Crippen LogP contribution in [0.25, 0.3) is 0 Å². The van der Waals surface area contributed by atoms with Gasteiger partial charge in [-0.3, -0.25) is 14.4 Å². The molecule has 0 aliphatic heterocycles. The number of rotatable bonds is 57. The average molecular weight is 1020 g/mol. The summed E-state index contributed by atoms with van der Waals surface area (Å²) in [5.41, 5.74) is 0. The molecule has 0 aromatic heterocycles. The molecule has 0 saturated carbocycles. The highest BCUT2D eigenvalue weighted by Gasteiger charge is 2.19. The number of allylic oxidation sites excluding steroid dienone is 12. The van der Waals surface area contributed by atoms with Gasteiger partial charge >= 0.3 is 17.9 Å². The summed E-state index contributed by atoms with van der Waals surface area (Å²) in [6.07, 6.45) is 79.2. The summed E-state index contributed by atoms with van der Waals surface area (Å²) in [4.78, 5) is 38.2. The van der Waals surface area contributed by atoms with Gasteiger partial charge in [-0.15, -0.1) is 0 Å². The molecule has 0 bridgehead atoms. The molecule has 0 rings (SSSR count). The van der Waals surface area contributed by atoms with Crippen molar-refractivity contribution in [3.8, 4) is 0 Å². The predicted molar refractivity (Wildman–Crippen MR) is 316 cm³/mol. The number of hydrogen-bond acceptors (Lipinski definition) is 6. The van der Waals surface area contributed by atoms with Gasteiger partial charge in [-0.1, -0.05) is 312 Å². The normalized spacial score (nSPS) is 12.5. The van der Waals surface area contributed by atoms with Crippen LogP contribution >= 0.6 is 0 Å². The second-order valence-corrected chi connectivity index (χ2v) is 21.0. The van der Waals surface area contributed by atoms with Crippen LogP contribution in [0.4, 0.5) is 0 Å². The lowest BCUT2D eigenvalue weighted by molar-refractivity contribution is -0.166. The monoisotopic (exact) mass is 1020 g/mol. The van der Waals surface area contributed by atoms with Crippen LogP contribution in [0.3, 0.4) is 0 Å². The molecule has 6 nitrogen and oxygen atoms in total. The second-order valence-electron chi connectivity index (χ2n) is 21.0. The zero-order valence-electron chi connectivity index (χ0n) is 48.4. The van der Waals surface area contributed by atoms with Crippen LogP contribution in [0, 0.1) is 0 Å². The number of ether oxygens (including phenoxy) is 3. The van der Waals surface area contributed by atoms with E-state index in [1.807, 2.05) is 6.08 Å². The Morgan fingerprint density at radius 2 is 0.534 bits per heavy atom. The van der Waals surface area contributed by atoms with Crippen molar-refractivity contribution in [2.45, 2.75) is 322 Å². The standard InChI is InChI=1S/C67H118O6/c1-4-7-10-13-16-19-22-25-28-30-32-33-35-37-40-42-45-48-51-54-57-60-66(69)72-63-64(73-67(70)61-58-55-52-49-46-43-38-27-24-21-18-15-12-9-6-3)62-71-65(68)59-56-53-50-47-44-41-39-36-34-31-29-26-23-20-17-14-11-8-5-2/h8,11,17,20,26,29,34,36,41,44,50,53,64H,4-7,9-10,12-16,18-19,21-25,27-28,30-33,35,37-40,42-43,45-49,51-52,54-63H2,1-3H3/b11-8-,20-17-,29-26-,36-34-,44-41-,53-50-/t64-/m1/s1. The van der Waals surface area contributed by atoms with E-state index in [4.69, 9.17) is 14.2 Å². The Balaban J connectivity index is 4.41. The molecule has 0 unspecified atom stereocenters. The minimum atomic E-state index is -0.803. The summed E-state index contributed by atoms with van der Waals surface area (Å²) in [5, 5.41) is 0. The molecule has 0 saturated heterocycles. The number of unbranched alkanes of at least 4 members (excludes halogenated alkanes) is 34. The van der Waals surface area contributed by atoms with Crippen LogP contribution in [0.5, 0.6) is 0 Å². The maximum absolute atomic E-state index is 12.9. The van der Waals surface area contributed by atoms with Gasteiger partial charge in [0.15, 0.2) is 6.10 Å². The lowest BCUT2D eigenvalue weighted by Crippen LogP contribution is -2.30. The van der Waals surface area contributed by atoms with Gasteiger partial charge < -0.3 is 14.2 Å². The fourth-order valence-electron chi connectivity index (χ4n) is 9.06. The van der Waals surface area contributed by atoms with Crippen LogP contribution in [0.2, 0.25) is 0 Å². The molecule has 6 heteroatoms. The van der Waals surface area contributed by atoms with Crippen molar-refractivity contribution < 1.29 is 28.6 Å². The molecule has 0 aromatic rings. The van der Waals surface area contributed by atoms with Crippen molar-refractivity contribution >= 4 is 17.9 Å². The maximum Gasteiger partial charge on any atom is 0.306 e. The molecule has 0 aromatic carbocycles. The zero-order valence-corrected chi connectivity index (χ0v) is 48.4. The molecule has 0 spiro atoms. The Labute approximate surface area is 453 Å². The van der Waals surface area contributed by atoms with Crippen molar-refractivity contribution in [2.75, 3.05) is 13.2 Å². The first-order chi connectivity index (χ1) is 36.0. The molecule has 422 valence electrons. The molecule has 0 amide bonds. The molecule has 1 atom stereocenters. The Morgan fingerprint density at radius 3 is 0.836 bits per heavy atom. The van der Waals surface area contributed by atoms with Gasteiger partial charge in [-0.05, 0) is 57.8 Å². The van der Waals surface area contributed by atoms with Gasteiger partial charge in [-0.25, -0.2) is 0 Å². The predicted octanol–water partition coefficient (Wildman–Crippen LogP) is 21.3. The van der Waals surface area contributed by atoms with E-state index in [-0.39, 0.29) is 37.5 Å². The SMILES string of the molecule is CC/C=C\C/C=C\C/C=C\C/C=C\C/C=C\C/C=C\CCC(=O)OC[C@H](COC(=O)CCCCCCCCCCCCCCCCCCCCCCC)OC(=O)CCCCCCCCCCCCCCCCC. The third kappa shape index (κ3) is 59.6. The lowest BCUT2D eigenvalue weighted by Gasteiger charge is -2.18. The third-order valence-electron chi connectivity index (χ3n) is 13.7. The summed E-state index contributed by atoms with van der Waals surface area (Å²) in [7, 11) is 0. The summed E-state index contributed by atoms with van der Waals surface area (Å²) < 4.78 is 16.9. The molecule has 0 radical (unpaired) electrons. The minimum absolute atomic E-state index is 0.0941. The molecule has 0 aliphatic rings. The second kappa shape index (κ2) is 61.4. The van der Waals surface area contributed by atoms with E-state index in [2.05, 4.69) is 87.6 Å². The topological polar surface area (TPSA) is 78.9 Å². The van der Waals surface area contributed by atoms with E-state index in [0.717, 1.165) is 77.0 Å². The van der Waals surface area contributed by atoms with Crippen molar-refractivity contribution in [2.24, 2.45) is 0 Å². The highest BCUT2D eigenvalue weighted by molar-refractivity contribution is 5.71. The molecule has 73 heavy (non-hydrogen) atoms. The first-order valence-corrected chi connectivity index (χ1v) is 31.4. The van der Waals surface area contributed by atoms with Gasteiger partial charge in [0.1, 0.15) is 13.2 Å². The van der Waals surface area contributed by atoms with Crippen LogP contribution in [-0.2, 0) is 28.6 Å². The number of esters is 3. The smallest absolute Gasteiger partial charge is 0.306 e. The van der Waals surface area contributed by atoms with Gasteiger partial charge in [-0.2, -0.15) is 0 Å². The zero-order chi connectivity index (χ0) is 52.9. The first kappa shape index (κ1) is 69.8. The van der Waals surface area contributed by atoms with Crippen molar-refractivity contribution in [3.63, 3.8) is 0 Å². The Hall–Kier alpha value is -3.15. The quantitative estimate of drug-likeness (QED) is 0.0261. The van der Waals surface area contributed by atoms with E-state index < -0.39 is 6.10 Å². The van der Waals surface area contributed by atoms with Crippen LogP contribution in [-0.4, -0.2) is 37.2 Å². The minimum Gasteiger partial charge on any atom is -0.462 e. The summed E-state index contributed by atoms with van der Waals surface area (Å²) in [6, 6.07) is 0. The third-order valence-corrected chi connectivity index (χ3v) is 13.7. The summed E-state index contributed by atoms with van der Waals surface area (Å²) in [6.45, 7) is 6.51. The molecule has 0 fully saturated rings.